The van der Waals surface area contributed by atoms with E-state index in [2.05, 4.69) is 5.32 Å². The molecule has 0 saturated carbocycles. The maximum Gasteiger partial charge on any atom is 0.261 e. The predicted molar refractivity (Wildman–Crippen MR) is 84.3 cm³/mol. The standard InChI is InChI=1S/C14H14ClNO3S2/c15-13-2-1-11(21-13)9(17)6-16-14(18)12-5-8-7-19-4-3-10(8)20-12/h1-2,5,9,17H,3-4,6-7H2,(H,16,18)/t9-/m0/s1. The van der Waals surface area contributed by atoms with Crippen molar-refractivity contribution >= 4 is 40.2 Å². The third-order valence-corrected chi connectivity index (χ3v) is 5.80. The molecule has 3 heterocycles. The van der Waals surface area contributed by atoms with Gasteiger partial charge in [-0.2, -0.15) is 0 Å². The van der Waals surface area contributed by atoms with Gasteiger partial charge in [0.2, 0.25) is 0 Å². The quantitative estimate of drug-likeness (QED) is 0.897. The fourth-order valence-corrected chi connectivity index (χ4v) is 4.26. The zero-order valence-electron chi connectivity index (χ0n) is 11.1. The molecule has 3 rings (SSSR count). The third kappa shape index (κ3) is 3.46. The van der Waals surface area contributed by atoms with Crippen LogP contribution in [0.1, 0.15) is 31.1 Å². The summed E-state index contributed by atoms with van der Waals surface area (Å²) in [7, 11) is 0. The number of fused-ring (bicyclic) bond motifs is 1. The Morgan fingerprint density at radius 2 is 2.33 bits per heavy atom. The van der Waals surface area contributed by atoms with Gasteiger partial charge in [-0.3, -0.25) is 4.79 Å². The van der Waals surface area contributed by atoms with Crippen molar-refractivity contribution in [2.24, 2.45) is 0 Å². The van der Waals surface area contributed by atoms with E-state index in [0.717, 1.165) is 16.9 Å². The zero-order chi connectivity index (χ0) is 14.8. The van der Waals surface area contributed by atoms with Crippen LogP contribution in [0.25, 0.3) is 0 Å². The molecule has 4 nitrogen and oxygen atoms in total. The minimum absolute atomic E-state index is 0.156. The van der Waals surface area contributed by atoms with Crippen molar-refractivity contribution in [1.82, 2.24) is 5.32 Å². The minimum atomic E-state index is -0.732. The molecule has 0 aliphatic carbocycles. The average Bonchev–Trinajstić information content (AvgIpc) is 3.10. The third-order valence-electron chi connectivity index (χ3n) is 3.23. The molecule has 2 aromatic heterocycles. The fourth-order valence-electron chi connectivity index (χ4n) is 2.14. The molecule has 0 spiro atoms. The van der Waals surface area contributed by atoms with Gasteiger partial charge in [0.25, 0.3) is 5.91 Å². The first kappa shape index (κ1) is 15.0. The smallest absolute Gasteiger partial charge is 0.261 e. The van der Waals surface area contributed by atoms with Gasteiger partial charge in [0, 0.05) is 22.7 Å². The van der Waals surface area contributed by atoms with Gasteiger partial charge >= 0.3 is 0 Å². The minimum Gasteiger partial charge on any atom is -0.386 e. The number of nitrogens with one attached hydrogen (secondary N) is 1. The molecule has 2 aromatic rings. The number of hydrogen-bond donors (Lipinski definition) is 2. The molecule has 2 N–H and O–H groups in total. The Hall–Kier alpha value is -0.920. The van der Waals surface area contributed by atoms with Gasteiger partial charge in [0.1, 0.15) is 6.10 Å². The molecule has 0 radical (unpaired) electrons. The van der Waals surface area contributed by atoms with E-state index in [4.69, 9.17) is 16.3 Å². The topological polar surface area (TPSA) is 58.6 Å². The summed E-state index contributed by atoms with van der Waals surface area (Å²) < 4.78 is 6.00. The van der Waals surface area contributed by atoms with Crippen LogP contribution in [-0.4, -0.2) is 24.2 Å². The van der Waals surface area contributed by atoms with E-state index in [1.54, 1.807) is 12.1 Å². The number of carbonyl (C=O) groups is 1. The number of ether oxygens (including phenoxy) is 1. The van der Waals surface area contributed by atoms with Crippen molar-refractivity contribution in [2.75, 3.05) is 13.2 Å². The lowest BCUT2D eigenvalue weighted by Crippen LogP contribution is -2.27. The molecular weight excluding hydrogens is 330 g/mol. The van der Waals surface area contributed by atoms with Gasteiger partial charge in [-0.1, -0.05) is 11.6 Å². The highest BCUT2D eigenvalue weighted by molar-refractivity contribution is 7.16. The van der Waals surface area contributed by atoms with Gasteiger partial charge < -0.3 is 15.2 Å². The van der Waals surface area contributed by atoms with Crippen molar-refractivity contribution in [1.29, 1.82) is 0 Å². The maximum atomic E-state index is 12.1. The Labute approximate surface area is 135 Å². The van der Waals surface area contributed by atoms with Crippen LogP contribution in [0.5, 0.6) is 0 Å². The summed E-state index contributed by atoms with van der Waals surface area (Å²) in [5.74, 6) is -0.156. The summed E-state index contributed by atoms with van der Waals surface area (Å²) in [5, 5.41) is 12.8. The van der Waals surface area contributed by atoms with Crippen molar-refractivity contribution in [3.63, 3.8) is 0 Å². The Kier molecular flexibility index (Phi) is 4.61. The Morgan fingerprint density at radius 1 is 1.48 bits per heavy atom. The number of thiophene rings is 2. The normalized spacial score (nSPS) is 15.5. The molecule has 7 heteroatoms. The predicted octanol–water partition coefficient (Wildman–Crippen LogP) is 3.00. The van der Waals surface area contributed by atoms with Crippen molar-refractivity contribution < 1.29 is 14.6 Å². The van der Waals surface area contributed by atoms with Crippen LogP contribution in [-0.2, 0) is 17.8 Å². The highest BCUT2D eigenvalue weighted by Crippen LogP contribution is 2.28. The Morgan fingerprint density at radius 3 is 3.05 bits per heavy atom. The van der Waals surface area contributed by atoms with Crippen LogP contribution < -0.4 is 5.32 Å². The van der Waals surface area contributed by atoms with Crippen LogP contribution in [0, 0.1) is 0 Å². The second-order valence-electron chi connectivity index (χ2n) is 4.73. The van der Waals surface area contributed by atoms with Crippen LogP contribution in [0.4, 0.5) is 0 Å². The second-order valence-corrected chi connectivity index (χ2v) is 7.61. The lowest BCUT2D eigenvalue weighted by Gasteiger charge is -2.10. The van der Waals surface area contributed by atoms with E-state index in [-0.39, 0.29) is 12.5 Å². The van der Waals surface area contributed by atoms with Gasteiger partial charge in [0.15, 0.2) is 0 Å². The van der Waals surface area contributed by atoms with Gasteiger partial charge in [0.05, 0.1) is 22.4 Å². The molecule has 1 atom stereocenters. The highest BCUT2D eigenvalue weighted by atomic mass is 35.5. The van der Waals surface area contributed by atoms with E-state index in [0.29, 0.717) is 22.4 Å². The van der Waals surface area contributed by atoms with Crippen LogP contribution in [0.2, 0.25) is 4.34 Å². The molecule has 0 unspecified atom stereocenters. The number of carbonyl (C=O) groups excluding carboxylic acids is 1. The first-order valence-corrected chi connectivity index (χ1v) is 8.55. The molecule has 0 aromatic carbocycles. The van der Waals surface area contributed by atoms with E-state index >= 15 is 0 Å². The van der Waals surface area contributed by atoms with Crippen LogP contribution >= 0.6 is 34.3 Å². The molecule has 112 valence electrons. The Bertz CT molecular complexity index is 629. The average molecular weight is 344 g/mol. The number of amides is 1. The summed E-state index contributed by atoms with van der Waals surface area (Å²) in [6.45, 7) is 1.47. The molecule has 0 fully saturated rings. The number of aliphatic hydroxyl groups excluding tert-OH is 1. The summed E-state index contributed by atoms with van der Waals surface area (Å²) >= 11 is 8.65. The zero-order valence-corrected chi connectivity index (χ0v) is 13.5. The second kappa shape index (κ2) is 6.46. The van der Waals surface area contributed by atoms with E-state index in [9.17, 15) is 9.90 Å². The van der Waals surface area contributed by atoms with E-state index < -0.39 is 6.10 Å². The van der Waals surface area contributed by atoms with Gasteiger partial charge in [-0.25, -0.2) is 0 Å². The number of hydrogen-bond acceptors (Lipinski definition) is 5. The Balaban J connectivity index is 1.60. The SMILES string of the molecule is O=C(NC[C@H](O)c1ccc(Cl)s1)c1cc2c(s1)CCOC2. The molecule has 1 aliphatic heterocycles. The van der Waals surface area contributed by atoms with Crippen molar-refractivity contribution in [3.8, 4) is 0 Å². The highest BCUT2D eigenvalue weighted by Gasteiger charge is 2.18. The van der Waals surface area contributed by atoms with E-state index in [1.165, 1.54) is 27.6 Å². The van der Waals surface area contributed by atoms with Gasteiger partial charge in [-0.15, -0.1) is 22.7 Å². The monoisotopic (exact) mass is 343 g/mol. The molecule has 0 bridgehead atoms. The van der Waals surface area contributed by atoms with Crippen molar-refractivity contribution in [2.45, 2.75) is 19.1 Å². The molecule has 1 amide bonds. The summed E-state index contributed by atoms with van der Waals surface area (Å²) in [4.78, 5) is 14.8. The summed E-state index contributed by atoms with van der Waals surface area (Å²) in [6.07, 6.45) is 0.133. The van der Waals surface area contributed by atoms with Crippen molar-refractivity contribution in [3.05, 3.63) is 42.7 Å². The molecule has 1 aliphatic rings. The summed E-state index contributed by atoms with van der Waals surface area (Å²) in [5.41, 5.74) is 1.10. The largest absolute Gasteiger partial charge is 0.386 e. The number of aliphatic hydroxyl groups is 1. The van der Waals surface area contributed by atoms with Crippen LogP contribution in [0.15, 0.2) is 18.2 Å². The first-order chi connectivity index (χ1) is 10.1. The summed E-state index contributed by atoms with van der Waals surface area (Å²) in [6, 6.07) is 5.38. The van der Waals surface area contributed by atoms with Crippen LogP contribution in [0.3, 0.4) is 0 Å². The lowest BCUT2D eigenvalue weighted by atomic mass is 10.2. The number of halogens is 1. The van der Waals surface area contributed by atoms with Gasteiger partial charge in [-0.05, 0) is 23.8 Å². The molecule has 0 saturated heterocycles. The first-order valence-electron chi connectivity index (χ1n) is 6.54. The number of rotatable bonds is 4. The fraction of sp³-hybridized carbons (Fsp3) is 0.357. The maximum absolute atomic E-state index is 12.1. The lowest BCUT2D eigenvalue weighted by molar-refractivity contribution is 0.0921. The molecular formula is C14H14ClNO3S2. The molecule has 21 heavy (non-hydrogen) atoms. The van der Waals surface area contributed by atoms with E-state index in [1.807, 2.05) is 6.07 Å².